The van der Waals surface area contributed by atoms with Gasteiger partial charge < -0.3 is 4.98 Å². The van der Waals surface area contributed by atoms with E-state index >= 15 is 0 Å². The zero-order chi connectivity index (χ0) is 17.8. The van der Waals surface area contributed by atoms with Gasteiger partial charge in [0.25, 0.3) is 0 Å². The molecule has 6 rings (SSSR count). The molecular formula is C24H15NS2. The van der Waals surface area contributed by atoms with Crippen molar-refractivity contribution in [3.8, 4) is 21.7 Å². The smallest absolute Gasteiger partial charge is 0.0546 e. The van der Waals surface area contributed by atoms with Crippen molar-refractivity contribution >= 4 is 53.7 Å². The molecule has 0 aliphatic rings. The van der Waals surface area contributed by atoms with E-state index in [4.69, 9.17) is 0 Å². The molecule has 27 heavy (non-hydrogen) atoms. The molecule has 0 radical (unpaired) electrons. The summed E-state index contributed by atoms with van der Waals surface area (Å²) in [5.74, 6) is 0. The van der Waals surface area contributed by atoms with Crippen molar-refractivity contribution in [2.24, 2.45) is 0 Å². The number of hydrogen-bond donors (Lipinski definition) is 1. The summed E-state index contributed by atoms with van der Waals surface area (Å²) >= 11 is 3.66. The van der Waals surface area contributed by atoms with Crippen molar-refractivity contribution in [2.75, 3.05) is 0 Å². The standard InChI is InChI=1S/C24H15NS2/c1-2-11-22-16(7-1)17-8-4-9-18(24(17)27-22)20-14-15-6-3-10-19(23(15)25-20)21-12-5-13-26-21/h1-14,25H. The number of aromatic nitrogens is 1. The van der Waals surface area contributed by atoms with Crippen LogP contribution in [0, 0.1) is 0 Å². The monoisotopic (exact) mass is 381 g/mol. The van der Waals surface area contributed by atoms with Crippen LogP contribution in [0.1, 0.15) is 0 Å². The fourth-order valence-corrected chi connectivity index (χ4v) is 5.89. The van der Waals surface area contributed by atoms with Crippen LogP contribution in [0.4, 0.5) is 0 Å². The van der Waals surface area contributed by atoms with Crippen LogP contribution < -0.4 is 0 Å². The second-order valence-corrected chi connectivity index (χ2v) is 8.71. The number of fused-ring (bicyclic) bond motifs is 4. The lowest BCUT2D eigenvalue weighted by molar-refractivity contribution is 1.47. The Morgan fingerprint density at radius 3 is 2.48 bits per heavy atom. The van der Waals surface area contributed by atoms with Crippen LogP contribution in [0.15, 0.2) is 84.2 Å². The first kappa shape index (κ1) is 15.2. The third-order valence-corrected chi connectivity index (χ3v) is 7.26. The van der Waals surface area contributed by atoms with Gasteiger partial charge in [0.2, 0.25) is 0 Å². The van der Waals surface area contributed by atoms with E-state index in [1.807, 2.05) is 11.3 Å². The molecule has 3 heteroatoms. The molecule has 0 bridgehead atoms. The molecule has 3 aromatic heterocycles. The van der Waals surface area contributed by atoms with Gasteiger partial charge in [0.15, 0.2) is 0 Å². The predicted octanol–water partition coefficient (Wildman–Crippen LogP) is 7.93. The van der Waals surface area contributed by atoms with Crippen LogP contribution >= 0.6 is 22.7 Å². The topological polar surface area (TPSA) is 15.8 Å². The van der Waals surface area contributed by atoms with Crippen LogP contribution in [0.3, 0.4) is 0 Å². The summed E-state index contributed by atoms with van der Waals surface area (Å²) in [6, 6.07) is 28.4. The van der Waals surface area contributed by atoms with Crippen LogP contribution in [0.5, 0.6) is 0 Å². The van der Waals surface area contributed by atoms with E-state index in [2.05, 4.69) is 89.2 Å². The Hall–Kier alpha value is -2.88. The number of benzene rings is 3. The van der Waals surface area contributed by atoms with Gasteiger partial charge in [0, 0.05) is 47.3 Å². The number of para-hydroxylation sites is 1. The van der Waals surface area contributed by atoms with E-state index in [0.29, 0.717) is 0 Å². The molecule has 0 spiro atoms. The number of hydrogen-bond acceptors (Lipinski definition) is 2. The molecule has 0 aliphatic heterocycles. The van der Waals surface area contributed by atoms with Gasteiger partial charge in [-0.3, -0.25) is 0 Å². The molecule has 0 amide bonds. The van der Waals surface area contributed by atoms with Crippen LogP contribution in [-0.2, 0) is 0 Å². The summed E-state index contributed by atoms with van der Waals surface area (Å²) in [6.07, 6.45) is 0. The van der Waals surface area contributed by atoms with E-state index in [1.165, 1.54) is 52.8 Å². The van der Waals surface area contributed by atoms with Gasteiger partial charge in [-0.15, -0.1) is 22.7 Å². The Morgan fingerprint density at radius 1 is 0.704 bits per heavy atom. The van der Waals surface area contributed by atoms with Crippen molar-refractivity contribution in [1.29, 1.82) is 0 Å². The molecule has 1 nitrogen and oxygen atoms in total. The molecule has 0 saturated carbocycles. The zero-order valence-electron chi connectivity index (χ0n) is 14.4. The molecule has 0 fully saturated rings. The van der Waals surface area contributed by atoms with Gasteiger partial charge in [-0.2, -0.15) is 0 Å². The minimum atomic E-state index is 1.19. The molecule has 0 aliphatic carbocycles. The Morgan fingerprint density at radius 2 is 1.56 bits per heavy atom. The van der Waals surface area contributed by atoms with Gasteiger partial charge in [0.1, 0.15) is 0 Å². The Labute approximate surface area is 164 Å². The highest BCUT2D eigenvalue weighted by molar-refractivity contribution is 7.26. The van der Waals surface area contributed by atoms with Gasteiger partial charge in [0.05, 0.1) is 5.52 Å². The van der Waals surface area contributed by atoms with E-state index in [1.54, 1.807) is 11.3 Å². The minimum Gasteiger partial charge on any atom is -0.354 e. The highest BCUT2D eigenvalue weighted by atomic mass is 32.1. The van der Waals surface area contributed by atoms with Crippen LogP contribution in [0.25, 0.3) is 52.8 Å². The van der Waals surface area contributed by atoms with Gasteiger partial charge in [-0.25, -0.2) is 0 Å². The fraction of sp³-hybridized carbons (Fsp3) is 0. The Bertz CT molecular complexity index is 1420. The average Bonchev–Trinajstić information content (AvgIpc) is 3.44. The quantitative estimate of drug-likeness (QED) is 0.313. The van der Waals surface area contributed by atoms with Crippen molar-refractivity contribution in [3.05, 3.63) is 84.2 Å². The first-order chi connectivity index (χ1) is 13.4. The van der Waals surface area contributed by atoms with Crippen LogP contribution in [0.2, 0.25) is 0 Å². The van der Waals surface area contributed by atoms with Crippen molar-refractivity contribution in [3.63, 3.8) is 0 Å². The zero-order valence-corrected chi connectivity index (χ0v) is 16.0. The second-order valence-electron chi connectivity index (χ2n) is 6.71. The number of aromatic amines is 1. The lowest BCUT2D eigenvalue weighted by Crippen LogP contribution is -1.79. The van der Waals surface area contributed by atoms with E-state index in [0.717, 1.165) is 0 Å². The van der Waals surface area contributed by atoms with Gasteiger partial charge in [-0.05, 0) is 23.6 Å². The van der Waals surface area contributed by atoms with Crippen molar-refractivity contribution in [1.82, 2.24) is 4.98 Å². The third kappa shape index (κ3) is 2.29. The molecule has 0 atom stereocenters. The lowest BCUT2D eigenvalue weighted by Gasteiger charge is -2.01. The number of H-pyrrole nitrogens is 1. The normalized spacial score (nSPS) is 11.7. The van der Waals surface area contributed by atoms with Crippen molar-refractivity contribution in [2.45, 2.75) is 0 Å². The molecule has 6 aromatic rings. The average molecular weight is 382 g/mol. The van der Waals surface area contributed by atoms with E-state index < -0.39 is 0 Å². The summed E-state index contributed by atoms with van der Waals surface area (Å²) in [7, 11) is 0. The van der Waals surface area contributed by atoms with E-state index in [9.17, 15) is 0 Å². The summed E-state index contributed by atoms with van der Waals surface area (Å²) in [5.41, 5.74) is 4.96. The lowest BCUT2D eigenvalue weighted by atomic mass is 10.1. The maximum atomic E-state index is 3.72. The van der Waals surface area contributed by atoms with E-state index in [-0.39, 0.29) is 0 Å². The SMILES string of the molecule is c1csc(-c2cccc3cc(-c4cccc5c4sc4ccccc45)[nH]c23)c1. The molecular weight excluding hydrogens is 366 g/mol. The number of rotatable bonds is 2. The second kappa shape index (κ2) is 5.81. The molecule has 1 N–H and O–H groups in total. The summed E-state index contributed by atoms with van der Waals surface area (Å²) < 4.78 is 2.69. The third-order valence-electron chi connectivity index (χ3n) is 5.14. The maximum Gasteiger partial charge on any atom is 0.0546 e. The highest BCUT2D eigenvalue weighted by Crippen LogP contribution is 2.41. The van der Waals surface area contributed by atoms with Crippen molar-refractivity contribution < 1.29 is 0 Å². The number of nitrogens with one attached hydrogen (secondary N) is 1. The highest BCUT2D eigenvalue weighted by Gasteiger charge is 2.13. The molecule has 3 aromatic carbocycles. The van der Waals surface area contributed by atoms with Crippen LogP contribution in [-0.4, -0.2) is 4.98 Å². The first-order valence-electron chi connectivity index (χ1n) is 8.95. The molecule has 3 heterocycles. The molecule has 0 saturated heterocycles. The Balaban J connectivity index is 1.63. The molecule has 0 unspecified atom stereocenters. The number of thiophene rings is 2. The Kier molecular flexibility index (Phi) is 3.27. The predicted molar refractivity (Wildman–Crippen MR) is 120 cm³/mol. The summed E-state index contributed by atoms with van der Waals surface area (Å²) in [6.45, 7) is 0. The summed E-state index contributed by atoms with van der Waals surface area (Å²) in [4.78, 5) is 5.02. The largest absolute Gasteiger partial charge is 0.354 e. The maximum absolute atomic E-state index is 3.72. The fourth-order valence-electron chi connectivity index (χ4n) is 3.90. The molecule has 128 valence electrons. The van der Waals surface area contributed by atoms with Gasteiger partial charge in [-0.1, -0.05) is 60.7 Å². The van der Waals surface area contributed by atoms with Gasteiger partial charge >= 0.3 is 0 Å². The summed E-state index contributed by atoms with van der Waals surface area (Å²) in [5, 5.41) is 6.07. The minimum absolute atomic E-state index is 1.19. The first-order valence-corrected chi connectivity index (χ1v) is 10.6.